The van der Waals surface area contributed by atoms with Gasteiger partial charge in [0.25, 0.3) is 0 Å². The van der Waals surface area contributed by atoms with Crippen LogP contribution in [0, 0.1) is 0 Å². The van der Waals surface area contributed by atoms with E-state index in [2.05, 4.69) is 22.9 Å². The Kier molecular flexibility index (Phi) is 6.63. The largest absolute Gasteiger partial charge is 0.499 e. The van der Waals surface area contributed by atoms with Crippen LogP contribution < -0.4 is 0 Å². The van der Waals surface area contributed by atoms with Crippen LogP contribution in [0.3, 0.4) is 0 Å². The van der Waals surface area contributed by atoms with Crippen molar-refractivity contribution in [3.63, 3.8) is 0 Å². The number of hydrogen-bond donors (Lipinski definition) is 0. The molecule has 0 rings (SSSR count). The molecule has 74 valence electrons. The van der Waals surface area contributed by atoms with Crippen LogP contribution in [0.5, 0.6) is 0 Å². The molecular formula is C9H14O4. The molecule has 0 aromatic rings. The first-order valence-corrected chi connectivity index (χ1v) is 3.96. The van der Waals surface area contributed by atoms with Crippen molar-refractivity contribution in [3.8, 4) is 0 Å². The smallest absolute Gasteiger partial charge is 0.368 e. The Morgan fingerprint density at radius 1 is 1.46 bits per heavy atom. The Hall–Kier alpha value is -1.29. The van der Waals surface area contributed by atoms with E-state index in [0.717, 1.165) is 0 Å². The van der Waals surface area contributed by atoms with Gasteiger partial charge in [0.05, 0.1) is 6.26 Å². The third kappa shape index (κ3) is 5.93. The highest BCUT2D eigenvalue weighted by atomic mass is 17.2. The maximum absolute atomic E-state index is 10.9. The van der Waals surface area contributed by atoms with Crippen LogP contribution in [-0.4, -0.2) is 19.2 Å². The number of rotatable bonds is 7. The average molecular weight is 186 g/mol. The van der Waals surface area contributed by atoms with E-state index in [4.69, 9.17) is 4.74 Å². The molecule has 0 saturated carbocycles. The normalized spacial score (nSPS) is 9.00. The molecule has 0 aliphatic heterocycles. The van der Waals surface area contributed by atoms with Crippen molar-refractivity contribution in [3.05, 3.63) is 25.0 Å². The molecule has 13 heavy (non-hydrogen) atoms. The number of hydrogen-bond acceptors (Lipinski definition) is 4. The molecule has 0 aromatic heterocycles. The number of carbonyl (C=O) groups excluding carboxylic acids is 1. The van der Waals surface area contributed by atoms with Crippen molar-refractivity contribution >= 4 is 5.97 Å². The second kappa shape index (κ2) is 7.36. The summed E-state index contributed by atoms with van der Waals surface area (Å²) in [6.07, 6.45) is 1.83. The van der Waals surface area contributed by atoms with E-state index in [-0.39, 0.29) is 6.61 Å². The fraction of sp³-hybridized carbons (Fsp3) is 0.444. The van der Waals surface area contributed by atoms with Crippen LogP contribution in [-0.2, 0) is 19.3 Å². The van der Waals surface area contributed by atoms with E-state index in [1.54, 1.807) is 0 Å². The first-order chi connectivity index (χ1) is 6.22. The van der Waals surface area contributed by atoms with E-state index in [9.17, 15) is 4.79 Å². The molecule has 4 nitrogen and oxygen atoms in total. The van der Waals surface area contributed by atoms with Crippen molar-refractivity contribution in [1.82, 2.24) is 0 Å². The maximum Gasteiger partial charge on any atom is 0.368 e. The minimum atomic E-state index is -0.541. The number of ether oxygens (including phenoxy) is 1. The molecule has 0 radical (unpaired) electrons. The van der Waals surface area contributed by atoms with Crippen LogP contribution in [0.1, 0.15) is 13.3 Å². The molecule has 0 atom stereocenters. The van der Waals surface area contributed by atoms with E-state index in [1.807, 2.05) is 6.92 Å². The second-order valence-electron chi connectivity index (χ2n) is 2.19. The summed E-state index contributed by atoms with van der Waals surface area (Å²) in [5.41, 5.74) is 0.379. The van der Waals surface area contributed by atoms with Crippen molar-refractivity contribution < 1.29 is 19.3 Å². The Balaban J connectivity index is 3.37. The fourth-order valence-corrected chi connectivity index (χ4v) is 0.464. The zero-order chi connectivity index (χ0) is 10.1. The monoisotopic (exact) mass is 186 g/mol. The molecule has 4 heteroatoms. The molecule has 0 saturated heterocycles. The van der Waals surface area contributed by atoms with E-state index in [0.29, 0.717) is 18.6 Å². The highest BCUT2D eigenvalue weighted by Crippen LogP contribution is 1.99. The van der Waals surface area contributed by atoms with Crippen molar-refractivity contribution in [2.75, 3.05) is 13.2 Å². The number of carbonyl (C=O) groups is 1. The summed E-state index contributed by atoms with van der Waals surface area (Å²) in [5, 5.41) is 0. The highest BCUT2D eigenvalue weighted by molar-refractivity contribution is 5.87. The minimum Gasteiger partial charge on any atom is -0.499 e. The zero-order valence-electron chi connectivity index (χ0n) is 7.75. The highest BCUT2D eigenvalue weighted by Gasteiger charge is 2.06. The second-order valence-corrected chi connectivity index (χ2v) is 2.19. The van der Waals surface area contributed by atoms with E-state index >= 15 is 0 Å². The lowest BCUT2D eigenvalue weighted by Gasteiger charge is -2.03. The van der Waals surface area contributed by atoms with Gasteiger partial charge in [-0.05, 0) is 6.42 Å². The van der Waals surface area contributed by atoms with Gasteiger partial charge in [-0.25, -0.2) is 4.79 Å². The Morgan fingerprint density at radius 2 is 2.15 bits per heavy atom. The summed E-state index contributed by atoms with van der Waals surface area (Å²) in [6.45, 7) is 9.11. The van der Waals surface area contributed by atoms with Crippen molar-refractivity contribution in [2.24, 2.45) is 0 Å². The van der Waals surface area contributed by atoms with E-state index < -0.39 is 5.97 Å². The summed E-state index contributed by atoms with van der Waals surface area (Å²) in [4.78, 5) is 19.8. The molecule has 0 heterocycles. The van der Waals surface area contributed by atoms with Gasteiger partial charge in [0.15, 0.2) is 0 Å². The molecule has 0 bridgehead atoms. The molecular weight excluding hydrogens is 172 g/mol. The SMILES string of the molecule is C=COCCOOC(=O)C(=C)CC. The Morgan fingerprint density at radius 3 is 2.69 bits per heavy atom. The van der Waals surface area contributed by atoms with Gasteiger partial charge in [-0.1, -0.05) is 20.1 Å². The molecule has 0 amide bonds. The van der Waals surface area contributed by atoms with Gasteiger partial charge in [-0.2, -0.15) is 4.89 Å². The molecule has 0 aromatic carbocycles. The topological polar surface area (TPSA) is 44.8 Å². The van der Waals surface area contributed by atoms with Gasteiger partial charge >= 0.3 is 5.97 Å². The molecule has 0 aliphatic rings. The van der Waals surface area contributed by atoms with Gasteiger partial charge in [0.1, 0.15) is 13.2 Å². The first kappa shape index (κ1) is 11.7. The van der Waals surface area contributed by atoms with Crippen molar-refractivity contribution in [2.45, 2.75) is 13.3 Å². The molecule has 0 N–H and O–H groups in total. The molecule has 0 aliphatic carbocycles. The van der Waals surface area contributed by atoms with Gasteiger partial charge < -0.3 is 4.74 Å². The van der Waals surface area contributed by atoms with Crippen LogP contribution in [0.15, 0.2) is 25.0 Å². The first-order valence-electron chi connectivity index (χ1n) is 3.96. The summed E-state index contributed by atoms with van der Waals surface area (Å²) >= 11 is 0. The maximum atomic E-state index is 10.9. The lowest BCUT2D eigenvalue weighted by Crippen LogP contribution is -2.10. The van der Waals surface area contributed by atoms with Crippen LogP contribution in [0.25, 0.3) is 0 Å². The predicted octanol–water partition coefficient (Wildman–Crippen LogP) is 1.59. The van der Waals surface area contributed by atoms with Crippen LogP contribution in [0.2, 0.25) is 0 Å². The van der Waals surface area contributed by atoms with Gasteiger partial charge in [-0.3, -0.25) is 4.89 Å². The standard InChI is InChI=1S/C9H14O4/c1-4-8(3)9(10)13-12-7-6-11-5-2/h5H,2-4,6-7H2,1H3. The summed E-state index contributed by atoms with van der Waals surface area (Å²) in [7, 11) is 0. The third-order valence-corrected chi connectivity index (χ3v) is 1.25. The minimum absolute atomic E-state index is 0.175. The molecule has 0 fully saturated rings. The lowest BCUT2D eigenvalue weighted by molar-refractivity contribution is -0.271. The summed E-state index contributed by atoms with van der Waals surface area (Å²) in [6, 6.07) is 0. The summed E-state index contributed by atoms with van der Waals surface area (Å²) in [5.74, 6) is -0.541. The van der Waals surface area contributed by atoms with Gasteiger partial charge in [0, 0.05) is 5.57 Å². The van der Waals surface area contributed by atoms with Crippen molar-refractivity contribution in [1.29, 1.82) is 0 Å². The van der Waals surface area contributed by atoms with Gasteiger partial charge in [-0.15, -0.1) is 0 Å². The zero-order valence-corrected chi connectivity index (χ0v) is 7.75. The van der Waals surface area contributed by atoms with E-state index in [1.165, 1.54) is 6.26 Å². The lowest BCUT2D eigenvalue weighted by atomic mass is 10.2. The Bertz CT molecular complexity index is 186. The third-order valence-electron chi connectivity index (χ3n) is 1.25. The molecule has 0 spiro atoms. The molecule has 0 unspecified atom stereocenters. The van der Waals surface area contributed by atoms with Crippen LogP contribution in [0.4, 0.5) is 0 Å². The predicted molar refractivity (Wildman–Crippen MR) is 47.6 cm³/mol. The van der Waals surface area contributed by atoms with Gasteiger partial charge in [0.2, 0.25) is 0 Å². The Labute approximate surface area is 77.7 Å². The summed E-state index contributed by atoms with van der Waals surface area (Å²) < 4.78 is 4.73. The average Bonchev–Trinajstić information content (AvgIpc) is 2.16. The quantitative estimate of drug-likeness (QED) is 0.199. The van der Waals surface area contributed by atoms with Crippen LogP contribution >= 0.6 is 0 Å². The fourth-order valence-electron chi connectivity index (χ4n) is 0.464.